The smallest absolute Gasteiger partial charge is 0.254 e. The SMILES string of the molecule is Cc1nn(C)c2nc(-c3ccco3)cc(C(=O)N3CCN(C(=O)C45CC6CC(CC(C6)C4)C5)CC3)c12. The van der Waals surface area contributed by atoms with Crippen LogP contribution in [0.5, 0.6) is 0 Å². The van der Waals surface area contributed by atoms with Crippen LogP contribution < -0.4 is 0 Å². The highest BCUT2D eigenvalue weighted by Gasteiger charge is 2.55. The first-order chi connectivity index (χ1) is 17.4. The van der Waals surface area contributed by atoms with Gasteiger partial charge in [-0.15, -0.1) is 0 Å². The normalized spacial score (nSPS) is 29.3. The second-order valence-electron chi connectivity index (χ2n) is 11.7. The Bertz CT molecular complexity index is 1310. The zero-order chi connectivity index (χ0) is 24.6. The molecule has 0 aromatic carbocycles. The van der Waals surface area contributed by atoms with Crippen LogP contribution in [0.3, 0.4) is 0 Å². The van der Waals surface area contributed by atoms with Gasteiger partial charge in [-0.3, -0.25) is 14.3 Å². The number of carbonyl (C=O) groups excluding carboxylic acids is 2. The van der Waals surface area contributed by atoms with Gasteiger partial charge < -0.3 is 14.2 Å². The maximum absolute atomic E-state index is 13.8. The Morgan fingerprint density at radius 3 is 2.25 bits per heavy atom. The van der Waals surface area contributed by atoms with Gasteiger partial charge in [-0.1, -0.05) is 0 Å². The molecule has 4 bridgehead atoms. The van der Waals surface area contributed by atoms with Gasteiger partial charge in [0.2, 0.25) is 5.91 Å². The lowest BCUT2D eigenvalue weighted by molar-refractivity contribution is -0.159. The van der Waals surface area contributed by atoms with Crippen molar-refractivity contribution in [1.82, 2.24) is 24.6 Å². The highest BCUT2D eigenvalue weighted by molar-refractivity contribution is 6.07. The first-order valence-corrected chi connectivity index (χ1v) is 13.4. The number of furan rings is 1. The van der Waals surface area contributed by atoms with Crippen molar-refractivity contribution >= 4 is 22.8 Å². The summed E-state index contributed by atoms with van der Waals surface area (Å²) in [7, 11) is 1.84. The van der Waals surface area contributed by atoms with E-state index in [2.05, 4.69) is 10.00 Å². The van der Waals surface area contributed by atoms with Crippen LogP contribution in [0.2, 0.25) is 0 Å². The van der Waals surface area contributed by atoms with Crippen LogP contribution in [-0.4, -0.2) is 62.6 Å². The van der Waals surface area contributed by atoms with Gasteiger partial charge in [-0.25, -0.2) is 4.98 Å². The fourth-order valence-electron chi connectivity index (χ4n) is 8.15. The van der Waals surface area contributed by atoms with Crippen LogP contribution in [0.15, 0.2) is 28.9 Å². The van der Waals surface area contributed by atoms with Crippen molar-refractivity contribution in [3.63, 3.8) is 0 Å². The number of hydrogen-bond acceptors (Lipinski definition) is 5. The van der Waals surface area contributed by atoms with Crippen molar-refractivity contribution in [2.45, 2.75) is 45.4 Å². The van der Waals surface area contributed by atoms with Gasteiger partial charge in [0.15, 0.2) is 11.4 Å². The standard InChI is InChI=1S/C28H33N5O3/c1-17-24-21(13-22(23-4-3-9-36-23)29-25(24)31(2)30-17)26(34)32-5-7-33(8-6-32)27(35)28-14-18-10-19(15-28)12-20(11-18)16-28/h3-4,9,13,18-20H,5-8,10-12,14-16H2,1-2H3. The number of rotatable bonds is 3. The summed E-state index contributed by atoms with van der Waals surface area (Å²) < 4.78 is 7.29. The number of fused-ring (bicyclic) bond motifs is 1. The zero-order valence-electron chi connectivity index (χ0n) is 21.1. The molecule has 8 nitrogen and oxygen atoms in total. The van der Waals surface area contributed by atoms with E-state index in [9.17, 15) is 9.59 Å². The fraction of sp³-hybridized carbons (Fsp3) is 0.571. The minimum Gasteiger partial charge on any atom is -0.463 e. The highest BCUT2D eigenvalue weighted by atomic mass is 16.3. The molecule has 0 radical (unpaired) electrons. The molecule has 0 unspecified atom stereocenters. The summed E-state index contributed by atoms with van der Waals surface area (Å²) in [6, 6.07) is 5.49. The molecule has 5 fully saturated rings. The number of aryl methyl sites for hydroxylation is 2. The minimum atomic E-state index is -0.122. The molecule has 3 aromatic heterocycles. The molecule has 8 heteroatoms. The summed E-state index contributed by atoms with van der Waals surface area (Å²) in [6.45, 7) is 4.23. The first-order valence-electron chi connectivity index (χ1n) is 13.4. The molecule has 2 amide bonds. The van der Waals surface area contributed by atoms with Gasteiger partial charge in [-0.05, 0) is 81.4 Å². The zero-order valence-corrected chi connectivity index (χ0v) is 21.1. The van der Waals surface area contributed by atoms with E-state index in [1.165, 1.54) is 19.3 Å². The average Bonchev–Trinajstić information content (AvgIpc) is 3.50. The second-order valence-corrected chi connectivity index (χ2v) is 11.7. The molecule has 8 rings (SSSR count). The predicted molar refractivity (Wildman–Crippen MR) is 134 cm³/mol. The quantitative estimate of drug-likeness (QED) is 0.557. The van der Waals surface area contributed by atoms with Gasteiger partial charge in [-0.2, -0.15) is 5.10 Å². The lowest BCUT2D eigenvalue weighted by Gasteiger charge is -2.57. The Labute approximate surface area is 210 Å². The highest BCUT2D eigenvalue weighted by Crippen LogP contribution is 2.60. The molecular weight excluding hydrogens is 454 g/mol. The lowest BCUT2D eigenvalue weighted by atomic mass is 9.49. The average molecular weight is 488 g/mol. The number of piperazine rings is 1. The van der Waals surface area contributed by atoms with E-state index in [-0.39, 0.29) is 11.3 Å². The van der Waals surface area contributed by atoms with E-state index in [1.807, 2.05) is 37.1 Å². The molecule has 5 aliphatic rings. The van der Waals surface area contributed by atoms with Crippen molar-refractivity contribution in [3.05, 3.63) is 35.7 Å². The predicted octanol–water partition coefficient (Wildman–Crippen LogP) is 4.04. The van der Waals surface area contributed by atoms with Crippen LogP contribution in [0.4, 0.5) is 0 Å². The Morgan fingerprint density at radius 1 is 1.00 bits per heavy atom. The number of aromatic nitrogens is 3. The molecule has 3 aromatic rings. The third kappa shape index (κ3) is 3.33. The summed E-state index contributed by atoms with van der Waals surface area (Å²) in [4.78, 5) is 36.3. The third-order valence-electron chi connectivity index (χ3n) is 9.32. The van der Waals surface area contributed by atoms with Crippen molar-refractivity contribution in [2.75, 3.05) is 26.2 Å². The Hall–Kier alpha value is -3.16. The maximum Gasteiger partial charge on any atom is 0.254 e. The van der Waals surface area contributed by atoms with Crippen molar-refractivity contribution in [2.24, 2.45) is 30.2 Å². The van der Waals surface area contributed by atoms with Gasteiger partial charge in [0.1, 0.15) is 5.69 Å². The molecule has 0 N–H and O–H groups in total. The fourth-order valence-corrected chi connectivity index (χ4v) is 8.15. The first kappa shape index (κ1) is 22.1. The summed E-state index contributed by atoms with van der Waals surface area (Å²) in [5, 5.41) is 5.31. The molecule has 4 aliphatic carbocycles. The molecule has 4 saturated carbocycles. The number of carbonyl (C=O) groups is 2. The van der Waals surface area contributed by atoms with Crippen molar-refractivity contribution in [1.29, 1.82) is 0 Å². The Balaban J connectivity index is 1.12. The Morgan fingerprint density at radius 2 is 1.64 bits per heavy atom. The number of hydrogen-bond donors (Lipinski definition) is 0. The molecule has 0 spiro atoms. The Kier molecular flexibility index (Phi) is 4.85. The largest absolute Gasteiger partial charge is 0.463 e. The van der Waals surface area contributed by atoms with Crippen LogP contribution in [0.1, 0.15) is 54.6 Å². The summed E-state index contributed by atoms with van der Waals surface area (Å²) >= 11 is 0. The van der Waals surface area contributed by atoms with E-state index in [1.54, 1.807) is 10.9 Å². The van der Waals surface area contributed by atoms with Gasteiger partial charge in [0.25, 0.3) is 5.91 Å². The van der Waals surface area contributed by atoms with Crippen molar-refractivity contribution in [3.8, 4) is 11.5 Å². The molecule has 1 saturated heterocycles. The van der Waals surface area contributed by atoms with Gasteiger partial charge in [0, 0.05) is 33.2 Å². The van der Waals surface area contributed by atoms with E-state index >= 15 is 0 Å². The molecular formula is C28H33N5O3. The third-order valence-corrected chi connectivity index (χ3v) is 9.32. The van der Waals surface area contributed by atoms with E-state index in [0.29, 0.717) is 54.8 Å². The van der Waals surface area contributed by atoms with Crippen LogP contribution in [0, 0.1) is 30.1 Å². The van der Waals surface area contributed by atoms with Crippen LogP contribution in [-0.2, 0) is 11.8 Å². The van der Waals surface area contributed by atoms with E-state index < -0.39 is 0 Å². The topological polar surface area (TPSA) is 84.5 Å². The van der Waals surface area contributed by atoms with Gasteiger partial charge in [0.05, 0.1) is 28.3 Å². The van der Waals surface area contributed by atoms with Crippen LogP contribution in [0.25, 0.3) is 22.5 Å². The van der Waals surface area contributed by atoms with E-state index in [0.717, 1.165) is 48.1 Å². The molecule has 1 aliphatic heterocycles. The lowest BCUT2D eigenvalue weighted by Crippen LogP contribution is -2.58. The number of nitrogens with zero attached hydrogens (tertiary/aromatic N) is 5. The van der Waals surface area contributed by atoms with E-state index in [4.69, 9.17) is 9.40 Å². The second kappa shape index (κ2) is 7.92. The minimum absolute atomic E-state index is 0.0341. The van der Waals surface area contributed by atoms with Crippen LogP contribution >= 0.6 is 0 Å². The number of pyridine rings is 1. The molecule has 188 valence electrons. The summed E-state index contributed by atoms with van der Waals surface area (Å²) in [5.41, 5.74) is 2.54. The summed E-state index contributed by atoms with van der Waals surface area (Å²) in [5.74, 6) is 3.21. The summed E-state index contributed by atoms with van der Waals surface area (Å²) in [6.07, 6.45) is 8.87. The monoisotopic (exact) mass is 487 g/mol. The molecule has 0 atom stereocenters. The maximum atomic E-state index is 13.8. The van der Waals surface area contributed by atoms with Gasteiger partial charge >= 0.3 is 0 Å². The number of amides is 2. The molecule has 4 heterocycles. The molecule has 36 heavy (non-hydrogen) atoms. The van der Waals surface area contributed by atoms with Crippen molar-refractivity contribution < 1.29 is 14.0 Å².